The first-order valence-corrected chi connectivity index (χ1v) is 8.57. The van der Waals surface area contributed by atoms with E-state index in [1.807, 2.05) is 24.3 Å². The maximum atomic E-state index is 11.8. The lowest BCUT2D eigenvalue weighted by Crippen LogP contribution is -2.25. The Morgan fingerprint density at radius 3 is 3.00 bits per heavy atom. The van der Waals surface area contributed by atoms with E-state index in [2.05, 4.69) is 10.3 Å². The molecule has 4 nitrogen and oxygen atoms in total. The van der Waals surface area contributed by atoms with Crippen LogP contribution in [0.15, 0.2) is 24.3 Å². The van der Waals surface area contributed by atoms with E-state index in [4.69, 9.17) is 0 Å². The molecule has 0 radical (unpaired) electrons. The number of rotatable bonds is 1. The highest BCUT2D eigenvalue weighted by molar-refractivity contribution is 7.91. The molecule has 1 saturated heterocycles. The summed E-state index contributed by atoms with van der Waals surface area (Å²) in [4.78, 5) is 4.54. The van der Waals surface area contributed by atoms with Crippen molar-refractivity contribution in [1.82, 2.24) is 10.3 Å². The molecule has 1 fully saturated rings. The van der Waals surface area contributed by atoms with Gasteiger partial charge in [-0.2, -0.15) is 0 Å². The van der Waals surface area contributed by atoms with Gasteiger partial charge in [0.25, 0.3) is 0 Å². The molecule has 1 atom stereocenters. The Morgan fingerprint density at radius 2 is 2.17 bits per heavy atom. The van der Waals surface area contributed by atoms with Gasteiger partial charge in [-0.15, -0.1) is 11.3 Å². The zero-order valence-corrected chi connectivity index (χ0v) is 11.4. The molecule has 1 unspecified atom stereocenters. The molecular formula is C12H14N2O2S2. The van der Waals surface area contributed by atoms with Crippen LogP contribution in [0.2, 0.25) is 0 Å². The molecule has 0 saturated carbocycles. The minimum atomic E-state index is -2.95. The van der Waals surface area contributed by atoms with Crippen molar-refractivity contribution < 1.29 is 8.42 Å². The molecule has 18 heavy (non-hydrogen) atoms. The summed E-state index contributed by atoms with van der Waals surface area (Å²) in [5, 5.41) is 4.16. The average Bonchev–Trinajstić information content (AvgIpc) is 2.68. The van der Waals surface area contributed by atoms with E-state index in [1.165, 1.54) is 0 Å². The molecule has 2 aromatic rings. The van der Waals surface area contributed by atoms with E-state index in [1.54, 1.807) is 11.3 Å². The number of para-hydroxylation sites is 1. The lowest BCUT2D eigenvalue weighted by atomic mass is 10.3. The van der Waals surface area contributed by atoms with E-state index in [0.29, 0.717) is 6.42 Å². The Hall–Kier alpha value is -0.980. The van der Waals surface area contributed by atoms with Crippen molar-refractivity contribution in [3.8, 4) is 0 Å². The zero-order chi connectivity index (χ0) is 12.6. The first kappa shape index (κ1) is 12.1. The molecular weight excluding hydrogens is 268 g/mol. The van der Waals surface area contributed by atoms with Crippen LogP contribution in [0.4, 0.5) is 0 Å². The van der Waals surface area contributed by atoms with Crippen LogP contribution < -0.4 is 5.32 Å². The van der Waals surface area contributed by atoms with Crippen LogP contribution in [0.1, 0.15) is 17.5 Å². The van der Waals surface area contributed by atoms with Crippen molar-refractivity contribution in [2.45, 2.75) is 12.5 Å². The summed E-state index contributed by atoms with van der Waals surface area (Å²) < 4.78 is 24.7. The minimum absolute atomic E-state index is 0.157. The molecule has 0 spiro atoms. The smallest absolute Gasteiger partial charge is 0.152 e. The molecule has 1 aliphatic heterocycles. The third-order valence-corrected chi connectivity index (χ3v) is 5.95. The van der Waals surface area contributed by atoms with Gasteiger partial charge in [-0.3, -0.25) is 0 Å². The number of fused-ring (bicyclic) bond motifs is 1. The third-order valence-electron chi connectivity index (χ3n) is 3.05. The van der Waals surface area contributed by atoms with E-state index in [-0.39, 0.29) is 17.5 Å². The molecule has 6 heteroatoms. The van der Waals surface area contributed by atoms with Gasteiger partial charge in [0.15, 0.2) is 9.84 Å². The number of aromatic nitrogens is 1. The summed E-state index contributed by atoms with van der Waals surface area (Å²) in [7, 11) is -2.95. The highest BCUT2D eigenvalue weighted by Gasteiger charge is 2.25. The van der Waals surface area contributed by atoms with Crippen molar-refractivity contribution >= 4 is 31.4 Å². The average molecular weight is 282 g/mol. The summed E-state index contributed by atoms with van der Waals surface area (Å²) in [6.07, 6.45) is 0.684. The zero-order valence-electron chi connectivity index (χ0n) is 9.80. The molecule has 0 amide bonds. The van der Waals surface area contributed by atoms with Gasteiger partial charge in [-0.1, -0.05) is 12.1 Å². The maximum absolute atomic E-state index is 11.8. The van der Waals surface area contributed by atoms with Crippen molar-refractivity contribution in [1.29, 1.82) is 0 Å². The molecule has 0 aliphatic carbocycles. The molecule has 1 aromatic carbocycles. The van der Waals surface area contributed by atoms with Crippen LogP contribution >= 0.6 is 11.3 Å². The van der Waals surface area contributed by atoms with Crippen molar-refractivity contribution in [3.05, 3.63) is 29.3 Å². The van der Waals surface area contributed by atoms with E-state index in [0.717, 1.165) is 21.8 Å². The van der Waals surface area contributed by atoms with Crippen LogP contribution in [0, 0.1) is 0 Å². The lowest BCUT2D eigenvalue weighted by molar-refractivity contribution is 0.571. The molecule has 0 bridgehead atoms. The first-order valence-electron chi connectivity index (χ1n) is 5.93. The largest absolute Gasteiger partial charge is 0.307 e. The number of benzene rings is 1. The van der Waals surface area contributed by atoms with E-state index in [9.17, 15) is 8.42 Å². The van der Waals surface area contributed by atoms with Gasteiger partial charge in [0.2, 0.25) is 0 Å². The normalized spacial score (nSPS) is 23.9. The number of sulfone groups is 1. The fraction of sp³-hybridized carbons (Fsp3) is 0.417. The Labute approximate surface area is 110 Å². The fourth-order valence-electron chi connectivity index (χ4n) is 2.16. The van der Waals surface area contributed by atoms with Crippen LogP contribution in [-0.2, 0) is 9.84 Å². The Morgan fingerprint density at radius 1 is 1.33 bits per heavy atom. The predicted molar refractivity (Wildman–Crippen MR) is 73.6 cm³/mol. The number of hydrogen-bond donors (Lipinski definition) is 1. The van der Waals surface area contributed by atoms with Crippen LogP contribution in [0.25, 0.3) is 10.2 Å². The van der Waals surface area contributed by atoms with Gasteiger partial charge >= 0.3 is 0 Å². The molecule has 2 heterocycles. The molecule has 96 valence electrons. The van der Waals surface area contributed by atoms with E-state index < -0.39 is 9.84 Å². The topological polar surface area (TPSA) is 59.1 Å². The summed E-state index contributed by atoms with van der Waals surface area (Å²) >= 11 is 1.58. The Balaban J connectivity index is 1.97. The summed E-state index contributed by atoms with van der Waals surface area (Å²) in [6, 6.07) is 7.74. The SMILES string of the molecule is O=S1(=O)CCCNC(c2nc3ccccc3s2)C1. The third kappa shape index (κ3) is 2.41. The quantitative estimate of drug-likeness (QED) is 0.865. The number of thiazole rings is 1. The molecule has 3 rings (SSSR count). The highest BCUT2D eigenvalue weighted by atomic mass is 32.2. The Bertz CT molecular complexity index is 631. The van der Waals surface area contributed by atoms with Gasteiger partial charge in [-0.05, 0) is 25.1 Å². The van der Waals surface area contributed by atoms with Crippen molar-refractivity contribution in [3.63, 3.8) is 0 Å². The second kappa shape index (κ2) is 4.60. The number of nitrogens with zero attached hydrogens (tertiary/aromatic N) is 1. The molecule has 1 aromatic heterocycles. The second-order valence-electron chi connectivity index (χ2n) is 4.49. The Kier molecular flexibility index (Phi) is 3.09. The highest BCUT2D eigenvalue weighted by Crippen LogP contribution is 2.28. The monoisotopic (exact) mass is 282 g/mol. The van der Waals surface area contributed by atoms with Gasteiger partial charge in [0, 0.05) is 0 Å². The maximum Gasteiger partial charge on any atom is 0.152 e. The van der Waals surface area contributed by atoms with Gasteiger partial charge < -0.3 is 5.32 Å². The standard InChI is InChI=1S/C12H14N2O2S2/c15-18(16)7-3-6-13-10(8-18)12-14-9-4-1-2-5-11(9)17-12/h1-2,4-5,10,13H,3,6-8H2. The second-order valence-corrected chi connectivity index (χ2v) is 7.79. The van der Waals surface area contributed by atoms with Crippen molar-refractivity contribution in [2.24, 2.45) is 0 Å². The summed E-state index contributed by atoms with van der Waals surface area (Å²) in [5.41, 5.74) is 0.945. The van der Waals surface area contributed by atoms with Gasteiger partial charge in [-0.25, -0.2) is 13.4 Å². The summed E-state index contributed by atoms with van der Waals surface area (Å²) in [5.74, 6) is 0.439. The lowest BCUT2D eigenvalue weighted by Gasteiger charge is -2.11. The van der Waals surface area contributed by atoms with Crippen molar-refractivity contribution in [2.75, 3.05) is 18.1 Å². The van der Waals surface area contributed by atoms with Crippen LogP contribution in [0.5, 0.6) is 0 Å². The predicted octanol–water partition coefficient (Wildman–Crippen LogP) is 1.75. The number of nitrogens with one attached hydrogen (secondary N) is 1. The van der Waals surface area contributed by atoms with E-state index >= 15 is 0 Å². The fourth-order valence-corrected chi connectivity index (χ4v) is 4.85. The van der Waals surface area contributed by atoms with Gasteiger partial charge in [0.1, 0.15) is 5.01 Å². The molecule has 1 aliphatic rings. The first-order chi connectivity index (χ1) is 8.64. The minimum Gasteiger partial charge on any atom is -0.307 e. The number of hydrogen-bond acceptors (Lipinski definition) is 5. The van der Waals surface area contributed by atoms with Crippen LogP contribution in [-0.4, -0.2) is 31.5 Å². The molecule has 1 N–H and O–H groups in total. The summed E-state index contributed by atoms with van der Waals surface area (Å²) in [6.45, 7) is 0.736. The van der Waals surface area contributed by atoms with Crippen LogP contribution in [0.3, 0.4) is 0 Å². The van der Waals surface area contributed by atoms with Gasteiger partial charge in [0.05, 0.1) is 27.8 Å².